The zero-order valence-corrected chi connectivity index (χ0v) is 19.9. The fraction of sp³-hybridized carbons (Fsp3) is 0.167. The van der Waals surface area contributed by atoms with Gasteiger partial charge in [-0.15, -0.1) is 0 Å². The third kappa shape index (κ3) is 4.90. The Bertz CT molecular complexity index is 1510. The summed E-state index contributed by atoms with van der Waals surface area (Å²) in [4.78, 5) is 26.4. The van der Waals surface area contributed by atoms with E-state index < -0.39 is 27.2 Å². The minimum atomic E-state index is -3.76. The minimum Gasteiger partial charge on any atom is -0.288 e. The van der Waals surface area contributed by atoms with E-state index in [0.29, 0.717) is 23.1 Å². The fourth-order valence-corrected chi connectivity index (χ4v) is 4.75. The van der Waals surface area contributed by atoms with E-state index in [-0.39, 0.29) is 22.0 Å². The summed E-state index contributed by atoms with van der Waals surface area (Å²) in [7, 11) is -3.76. The summed E-state index contributed by atoms with van der Waals surface area (Å²) in [5.74, 6) is -1.92. The number of rotatable bonds is 7. The highest BCUT2D eigenvalue weighted by Gasteiger charge is 2.23. The molecule has 1 N–H and O–H groups in total. The Morgan fingerprint density at radius 2 is 1.85 bits per heavy atom. The lowest BCUT2D eigenvalue weighted by atomic mass is 10.0. The van der Waals surface area contributed by atoms with Gasteiger partial charge in [-0.25, -0.2) is 17.8 Å². The van der Waals surface area contributed by atoms with E-state index in [1.165, 1.54) is 24.3 Å². The van der Waals surface area contributed by atoms with Crippen molar-refractivity contribution in [1.82, 2.24) is 15.0 Å². The number of hydrogen-bond donors (Lipinski definition) is 1. The molecule has 0 radical (unpaired) electrons. The molecular formula is C24H20ClFN4O3S. The second kappa shape index (κ2) is 9.44. The van der Waals surface area contributed by atoms with Crippen LogP contribution >= 0.6 is 11.6 Å². The van der Waals surface area contributed by atoms with Gasteiger partial charge in [0.25, 0.3) is 0 Å². The van der Waals surface area contributed by atoms with Crippen molar-refractivity contribution in [3.8, 4) is 11.3 Å². The van der Waals surface area contributed by atoms with Gasteiger partial charge in [-0.3, -0.25) is 19.5 Å². The van der Waals surface area contributed by atoms with Crippen LogP contribution in [-0.2, 0) is 10.0 Å². The lowest BCUT2D eigenvalue weighted by Gasteiger charge is -2.12. The first kappa shape index (κ1) is 23.7. The normalized spacial score (nSPS) is 11.5. The Labute approximate surface area is 201 Å². The number of fused-ring (bicyclic) bond motifs is 1. The molecule has 0 saturated heterocycles. The maximum Gasteiger partial charge on any atom is 0.232 e. The number of anilines is 1. The van der Waals surface area contributed by atoms with Crippen molar-refractivity contribution >= 4 is 44.1 Å². The van der Waals surface area contributed by atoms with Gasteiger partial charge < -0.3 is 0 Å². The van der Waals surface area contributed by atoms with Gasteiger partial charge in [0.2, 0.25) is 10.0 Å². The summed E-state index contributed by atoms with van der Waals surface area (Å²) in [5.41, 5.74) is 2.55. The van der Waals surface area contributed by atoms with Crippen LogP contribution in [0.4, 0.5) is 10.1 Å². The second-order valence-corrected chi connectivity index (χ2v) is 9.93. The number of ketones is 1. The van der Waals surface area contributed by atoms with Gasteiger partial charge in [-0.1, -0.05) is 18.5 Å². The topological polar surface area (TPSA) is 102 Å². The van der Waals surface area contributed by atoms with Crippen LogP contribution in [0.15, 0.2) is 54.9 Å². The molecule has 0 bridgehead atoms. The highest BCUT2D eigenvalue weighted by atomic mass is 35.5. The van der Waals surface area contributed by atoms with E-state index in [1.54, 1.807) is 25.4 Å². The summed E-state index contributed by atoms with van der Waals surface area (Å²) >= 11 is 6.14. The molecule has 4 aromatic rings. The molecule has 0 aliphatic rings. The van der Waals surface area contributed by atoms with Crippen LogP contribution in [0.5, 0.6) is 0 Å². The van der Waals surface area contributed by atoms with Crippen LogP contribution in [0, 0.1) is 12.7 Å². The first-order valence-corrected chi connectivity index (χ1v) is 12.4. The fourth-order valence-electron chi connectivity index (χ4n) is 3.38. The van der Waals surface area contributed by atoms with Crippen molar-refractivity contribution < 1.29 is 17.6 Å². The molecule has 0 spiro atoms. The summed E-state index contributed by atoms with van der Waals surface area (Å²) in [6.07, 6.45) is 3.65. The third-order valence-corrected chi connectivity index (χ3v) is 6.86. The predicted octanol–water partition coefficient (Wildman–Crippen LogP) is 5.18. The smallest absolute Gasteiger partial charge is 0.232 e. The standard InChI is InChI=1S/C24H20ClFN4O3S/c1-3-10-34(32,33)30-19-9-7-17(25)22(23(19)26)24(31)15-6-8-18-20(11-15)29-21(13-28-18)16-5-4-14(2)27-12-16/h4-9,11-13,30H,3,10H2,1-2H3. The quantitative estimate of drug-likeness (QED) is 0.352. The Balaban J connectivity index is 1.73. The van der Waals surface area contributed by atoms with Crippen molar-refractivity contribution in [2.24, 2.45) is 0 Å². The molecule has 34 heavy (non-hydrogen) atoms. The van der Waals surface area contributed by atoms with Gasteiger partial charge in [0, 0.05) is 23.0 Å². The average molecular weight is 499 g/mol. The zero-order valence-electron chi connectivity index (χ0n) is 18.3. The molecule has 2 aromatic heterocycles. The number of halogens is 2. The third-order valence-electron chi connectivity index (χ3n) is 5.07. The van der Waals surface area contributed by atoms with E-state index in [1.807, 2.05) is 19.1 Å². The van der Waals surface area contributed by atoms with Crippen molar-refractivity contribution in [3.05, 3.63) is 82.5 Å². The highest BCUT2D eigenvalue weighted by Crippen LogP contribution is 2.29. The Morgan fingerprint density at radius 3 is 2.56 bits per heavy atom. The van der Waals surface area contributed by atoms with E-state index in [2.05, 4.69) is 19.7 Å². The lowest BCUT2D eigenvalue weighted by molar-refractivity contribution is 0.103. The lowest BCUT2D eigenvalue weighted by Crippen LogP contribution is -2.18. The van der Waals surface area contributed by atoms with Gasteiger partial charge in [-0.05, 0) is 55.8 Å². The highest BCUT2D eigenvalue weighted by molar-refractivity contribution is 7.92. The van der Waals surface area contributed by atoms with Crippen LogP contribution in [0.2, 0.25) is 5.02 Å². The number of benzene rings is 2. The van der Waals surface area contributed by atoms with Crippen molar-refractivity contribution in [1.29, 1.82) is 0 Å². The first-order chi connectivity index (χ1) is 16.2. The van der Waals surface area contributed by atoms with Crippen molar-refractivity contribution in [2.75, 3.05) is 10.5 Å². The Morgan fingerprint density at radius 1 is 1.06 bits per heavy atom. The Hall–Kier alpha value is -3.43. The molecule has 0 fully saturated rings. The van der Waals surface area contributed by atoms with Gasteiger partial charge in [0.15, 0.2) is 11.6 Å². The predicted molar refractivity (Wildman–Crippen MR) is 130 cm³/mol. The molecule has 4 rings (SSSR count). The molecule has 0 aliphatic carbocycles. The van der Waals surface area contributed by atoms with E-state index in [4.69, 9.17) is 11.6 Å². The van der Waals surface area contributed by atoms with E-state index in [0.717, 1.165) is 11.3 Å². The number of carbonyl (C=O) groups is 1. The molecule has 2 heterocycles. The largest absolute Gasteiger partial charge is 0.288 e. The van der Waals surface area contributed by atoms with Crippen molar-refractivity contribution in [3.63, 3.8) is 0 Å². The van der Waals surface area contributed by atoms with Gasteiger partial charge in [-0.2, -0.15) is 0 Å². The molecule has 7 nitrogen and oxygen atoms in total. The number of aryl methyl sites for hydroxylation is 1. The number of aromatic nitrogens is 3. The van der Waals surface area contributed by atoms with Gasteiger partial charge in [0.1, 0.15) is 0 Å². The SMILES string of the molecule is CCCS(=O)(=O)Nc1ccc(Cl)c(C(=O)c2ccc3ncc(-c4ccc(C)nc4)nc3c2)c1F. The summed E-state index contributed by atoms with van der Waals surface area (Å²) in [6, 6.07) is 10.8. The monoisotopic (exact) mass is 498 g/mol. The zero-order chi connectivity index (χ0) is 24.5. The number of nitrogens with zero attached hydrogens (tertiary/aromatic N) is 3. The van der Waals surface area contributed by atoms with Crippen molar-refractivity contribution in [2.45, 2.75) is 20.3 Å². The average Bonchev–Trinajstić information content (AvgIpc) is 2.80. The number of pyridine rings is 1. The number of nitrogens with one attached hydrogen (secondary N) is 1. The molecule has 0 amide bonds. The summed E-state index contributed by atoms with van der Waals surface area (Å²) in [6.45, 7) is 3.57. The number of carbonyl (C=O) groups excluding carboxylic acids is 1. The summed E-state index contributed by atoms with van der Waals surface area (Å²) < 4.78 is 41.6. The van der Waals surface area contributed by atoms with Crippen LogP contribution < -0.4 is 4.72 Å². The van der Waals surface area contributed by atoms with Crippen LogP contribution in [-0.4, -0.2) is 34.9 Å². The van der Waals surface area contributed by atoms with Gasteiger partial charge in [0.05, 0.1) is 45.0 Å². The van der Waals surface area contributed by atoms with E-state index >= 15 is 4.39 Å². The van der Waals surface area contributed by atoms with Crippen LogP contribution in [0.1, 0.15) is 35.0 Å². The molecule has 174 valence electrons. The maximum absolute atomic E-state index is 15.2. The number of hydrogen-bond acceptors (Lipinski definition) is 6. The molecule has 0 saturated carbocycles. The second-order valence-electron chi connectivity index (χ2n) is 7.68. The first-order valence-electron chi connectivity index (χ1n) is 10.4. The Kier molecular flexibility index (Phi) is 6.58. The van der Waals surface area contributed by atoms with Crippen LogP contribution in [0.25, 0.3) is 22.3 Å². The van der Waals surface area contributed by atoms with E-state index in [9.17, 15) is 13.2 Å². The molecule has 0 unspecified atom stereocenters. The molecule has 2 aromatic carbocycles. The maximum atomic E-state index is 15.2. The summed E-state index contributed by atoms with van der Waals surface area (Å²) in [5, 5.41) is -0.133. The molecular weight excluding hydrogens is 479 g/mol. The van der Waals surface area contributed by atoms with Crippen LogP contribution in [0.3, 0.4) is 0 Å². The van der Waals surface area contributed by atoms with Gasteiger partial charge >= 0.3 is 0 Å². The minimum absolute atomic E-state index is 0.133. The molecule has 0 aliphatic heterocycles. The molecule has 10 heteroatoms. The number of sulfonamides is 1. The molecule has 0 atom stereocenters.